The number of hydrogen-bond donors (Lipinski definition) is 1. The number of fused-ring (bicyclic) bond motifs is 1. The van der Waals surface area contributed by atoms with E-state index in [1.807, 2.05) is 46.7 Å². The highest BCUT2D eigenvalue weighted by molar-refractivity contribution is 5.99. The van der Waals surface area contributed by atoms with E-state index in [0.29, 0.717) is 30.8 Å². The highest BCUT2D eigenvalue weighted by Crippen LogP contribution is 2.24. The maximum atomic E-state index is 14.4. The molecule has 162 valence electrons. The molecule has 5 nitrogen and oxygen atoms in total. The average molecular weight is 422 g/mol. The zero-order valence-corrected chi connectivity index (χ0v) is 17.8. The predicted molar refractivity (Wildman–Crippen MR) is 119 cm³/mol. The van der Waals surface area contributed by atoms with E-state index < -0.39 is 0 Å². The van der Waals surface area contributed by atoms with E-state index in [4.69, 9.17) is 0 Å². The van der Waals surface area contributed by atoms with Crippen LogP contribution in [0, 0.1) is 5.82 Å². The molecule has 1 aliphatic rings. The van der Waals surface area contributed by atoms with Crippen LogP contribution in [0.4, 0.5) is 4.39 Å². The first kappa shape index (κ1) is 21.1. The van der Waals surface area contributed by atoms with Crippen LogP contribution in [0.15, 0.2) is 54.6 Å². The van der Waals surface area contributed by atoms with Crippen LogP contribution >= 0.6 is 0 Å². The number of amides is 2. The number of para-hydroxylation sites is 1. The predicted octanol–water partition coefficient (Wildman–Crippen LogP) is 4.35. The number of carbonyl (C=O) groups is 2. The average Bonchev–Trinajstić information content (AvgIpc) is 3.13. The molecule has 31 heavy (non-hydrogen) atoms. The molecular formula is C25H28FN3O2. The van der Waals surface area contributed by atoms with Crippen LogP contribution in [0.25, 0.3) is 10.9 Å². The van der Waals surface area contributed by atoms with Gasteiger partial charge in [-0.25, -0.2) is 4.39 Å². The third-order valence-electron chi connectivity index (χ3n) is 5.87. The number of nitrogens with zero attached hydrogens (tertiary/aromatic N) is 2. The summed E-state index contributed by atoms with van der Waals surface area (Å²) in [4.78, 5) is 27.3. The fraction of sp³-hybridized carbons (Fsp3) is 0.360. The molecule has 1 aliphatic heterocycles. The Bertz CT molecular complexity index is 1090. The van der Waals surface area contributed by atoms with Gasteiger partial charge in [-0.1, -0.05) is 43.3 Å². The number of benzene rings is 2. The second kappa shape index (κ2) is 9.33. The first-order valence-corrected chi connectivity index (χ1v) is 11.0. The SMILES string of the molecule is CCCC(=O)NC1CCCN(C(=O)c2cc3ccccc3n2Cc2ccccc2F)C1. The third-order valence-corrected chi connectivity index (χ3v) is 5.87. The van der Waals surface area contributed by atoms with E-state index in [1.165, 1.54) is 6.07 Å². The lowest BCUT2D eigenvalue weighted by atomic mass is 10.0. The van der Waals surface area contributed by atoms with Crippen LogP contribution in [0.3, 0.4) is 0 Å². The highest BCUT2D eigenvalue weighted by atomic mass is 19.1. The first-order valence-electron chi connectivity index (χ1n) is 11.0. The van der Waals surface area contributed by atoms with Crippen LogP contribution in [-0.2, 0) is 11.3 Å². The highest BCUT2D eigenvalue weighted by Gasteiger charge is 2.28. The third kappa shape index (κ3) is 4.63. The smallest absolute Gasteiger partial charge is 0.270 e. The van der Waals surface area contributed by atoms with E-state index >= 15 is 0 Å². The van der Waals surface area contributed by atoms with Gasteiger partial charge in [0.1, 0.15) is 11.5 Å². The van der Waals surface area contributed by atoms with Crippen LogP contribution in [0.1, 0.15) is 48.7 Å². The first-order chi connectivity index (χ1) is 15.1. The molecule has 1 unspecified atom stereocenters. The summed E-state index contributed by atoms with van der Waals surface area (Å²) in [6.45, 7) is 3.41. The van der Waals surface area contributed by atoms with Crippen molar-refractivity contribution >= 4 is 22.7 Å². The van der Waals surface area contributed by atoms with Gasteiger partial charge in [-0.3, -0.25) is 9.59 Å². The second-order valence-corrected chi connectivity index (χ2v) is 8.17. The normalized spacial score (nSPS) is 16.5. The van der Waals surface area contributed by atoms with Crippen molar-refractivity contribution in [2.45, 2.75) is 45.2 Å². The number of rotatable bonds is 6. The molecule has 1 saturated heterocycles. The number of nitrogens with one attached hydrogen (secondary N) is 1. The minimum absolute atomic E-state index is 0.0267. The molecule has 2 aromatic carbocycles. The van der Waals surface area contributed by atoms with Gasteiger partial charge in [-0.2, -0.15) is 0 Å². The van der Waals surface area contributed by atoms with Gasteiger partial charge < -0.3 is 14.8 Å². The Hall–Kier alpha value is -3.15. The van der Waals surface area contributed by atoms with Crippen molar-refractivity contribution in [1.82, 2.24) is 14.8 Å². The Balaban J connectivity index is 1.62. The Morgan fingerprint density at radius 2 is 1.90 bits per heavy atom. The summed E-state index contributed by atoms with van der Waals surface area (Å²) in [6.07, 6.45) is 3.02. The van der Waals surface area contributed by atoms with Crippen molar-refractivity contribution < 1.29 is 14.0 Å². The molecule has 4 rings (SSSR count). The molecule has 1 N–H and O–H groups in total. The minimum atomic E-state index is -0.282. The van der Waals surface area contributed by atoms with Crippen LogP contribution in [-0.4, -0.2) is 40.4 Å². The van der Waals surface area contributed by atoms with Crippen molar-refractivity contribution in [3.05, 3.63) is 71.7 Å². The lowest BCUT2D eigenvalue weighted by Gasteiger charge is -2.33. The Labute approximate surface area is 181 Å². The van der Waals surface area contributed by atoms with E-state index in [9.17, 15) is 14.0 Å². The Morgan fingerprint density at radius 3 is 2.71 bits per heavy atom. The molecule has 0 aliphatic carbocycles. The molecular weight excluding hydrogens is 393 g/mol. The number of halogens is 1. The lowest BCUT2D eigenvalue weighted by molar-refractivity contribution is -0.122. The number of aromatic nitrogens is 1. The van der Waals surface area contributed by atoms with Crippen molar-refractivity contribution in [2.75, 3.05) is 13.1 Å². The number of carbonyl (C=O) groups excluding carboxylic acids is 2. The van der Waals surface area contributed by atoms with Crippen LogP contribution < -0.4 is 5.32 Å². The second-order valence-electron chi connectivity index (χ2n) is 8.17. The van der Waals surface area contributed by atoms with E-state index in [-0.39, 0.29) is 30.2 Å². The summed E-state index contributed by atoms with van der Waals surface area (Å²) >= 11 is 0. The monoisotopic (exact) mass is 421 g/mol. The molecule has 3 aromatic rings. The molecule has 0 bridgehead atoms. The summed E-state index contributed by atoms with van der Waals surface area (Å²) in [6, 6.07) is 16.3. The van der Waals surface area contributed by atoms with Gasteiger partial charge in [0.15, 0.2) is 0 Å². The molecule has 0 radical (unpaired) electrons. The molecule has 6 heteroatoms. The fourth-order valence-electron chi connectivity index (χ4n) is 4.32. The fourth-order valence-corrected chi connectivity index (χ4v) is 4.32. The number of hydrogen-bond acceptors (Lipinski definition) is 2. The van der Waals surface area contributed by atoms with Gasteiger partial charge in [0, 0.05) is 42.0 Å². The number of piperidine rings is 1. The summed E-state index contributed by atoms with van der Waals surface area (Å²) in [7, 11) is 0. The van der Waals surface area contributed by atoms with E-state index in [2.05, 4.69) is 5.32 Å². The minimum Gasteiger partial charge on any atom is -0.352 e. The van der Waals surface area contributed by atoms with Gasteiger partial charge in [0.2, 0.25) is 5.91 Å². The van der Waals surface area contributed by atoms with E-state index in [1.54, 1.807) is 18.2 Å². The molecule has 1 atom stereocenters. The summed E-state index contributed by atoms with van der Waals surface area (Å²) in [5.74, 6) is -0.326. The largest absolute Gasteiger partial charge is 0.352 e. The van der Waals surface area contributed by atoms with Crippen molar-refractivity contribution in [3.8, 4) is 0 Å². The zero-order chi connectivity index (χ0) is 21.8. The summed E-state index contributed by atoms with van der Waals surface area (Å²) in [5, 5.41) is 4.01. The lowest BCUT2D eigenvalue weighted by Crippen LogP contribution is -2.49. The van der Waals surface area contributed by atoms with Gasteiger partial charge in [0.25, 0.3) is 5.91 Å². The number of likely N-dealkylation sites (tertiary alicyclic amines) is 1. The Kier molecular flexibility index (Phi) is 6.35. The van der Waals surface area contributed by atoms with Gasteiger partial charge in [-0.05, 0) is 37.5 Å². The molecule has 2 heterocycles. The van der Waals surface area contributed by atoms with Gasteiger partial charge in [-0.15, -0.1) is 0 Å². The molecule has 0 saturated carbocycles. The van der Waals surface area contributed by atoms with Crippen LogP contribution in [0.2, 0.25) is 0 Å². The quantitative estimate of drug-likeness (QED) is 0.643. The van der Waals surface area contributed by atoms with Crippen molar-refractivity contribution in [2.24, 2.45) is 0 Å². The molecule has 2 amide bonds. The van der Waals surface area contributed by atoms with Crippen molar-refractivity contribution in [3.63, 3.8) is 0 Å². The maximum Gasteiger partial charge on any atom is 0.270 e. The summed E-state index contributed by atoms with van der Waals surface area (Å²) < 4.78 is 16.3. The van der Waals surface area contributed by atoms with Crippen molar-refractivity contribution in [1.29, 1.82) is 0 Å². The van der Waals surface area contributed by atoms with Gasteiger partial charge in [0.05, 0.1) is 6.54 Å². The molecule has 1 fully saturated rings. The Morgan fingerprint density at radius 1 is 1.13 bits per heavy atom. The summed E-state index contributed by atoms with van der Waals surface area (Å²) in [5.41, 5.74) is 1.99. The van der Waals surface area contributed by atoms with Gasteiger partial charge >= 0.3 is 0 Å². The molecule has 1 aromatic heterocycles. The standard InChI is InChI=1S/C25H28FN3O2/c1-2-8-24(30)27-20-11-7-14-28(17-20)25(31)23-15-18-9-4-6-13-22(18)29(23)16-19-10-3-5-12-21(19)26/h3-6,9-10,12-13,15,20H,2,7-8,11,14,16-17H2,1H3,(H,27,30). The zero-order valence-electron chi connectivity index (χ0n) is 17.8. The van der Waals surface area contributed by atoms with Crippen LogP contribution in [0.5, 0.6) is 0 Å². The topological polar surface area (TPSA) is 54.3 Å². The molecule has 0 spiro atoms. The maximum absolute atomic E-state index is 14.4. The van der Waals surface area contributed by atoms with E-state index in [0.717, 1.165) is 30.2 Å².